The number of benzene rings is 2. The van der Waals surface area contributed by atoms with Gasteiger partial charge < -0.3 is 5.11 Å². The molecule has 1 N–H and O–H groups in total. The summed E-state index contributed by atoms with van der Waals surface area (Å²) >= 11 is 14.0. The van der Waals surface area contributed by atoms with E-state index in [1.54, 1.807) is 0 Å². The molecule has 3 aromatic rings. The SMILES string of the molecule is Cc1cc([C@H]2C3=CCn4c(=O)n(C)c(=O)n4[C@@H]3C[C@@]3(Cl)C(=O)N(c4c(F)c(F)c(F)c(F)c4F)C(=O)[C@@]23Cl)cc(C)c1O. The number of halogens is 7. The molecule has 16 heteroatoms. The molecule has 2 aromatic carbocycles. The number of hydrogen-bond donors (Lipinski definition) is 1. The third-order valence-corrected chi connectivity index (χ3v) is 9.94. The van der Waals surface area contributed by atoms with Crippen LogP contribution in [0.5, 0.6) is 5.75 Å². The summed E-state index contributed by atoms with van der Waals surface area (Å²) in [5.74, 6) is -17.0. The third kappa shape index (κ3) is 3.38. The van der Waals surface area contributed by atoms with Gasteiger partial charge in [0.25, 0.3) is 11.8 Å². The predicted octanol–water partition coefficient (Wildman–Crippen LogP) is 3.56. The van der Waals surface area contributed by atoms with E-state index < -0.39 is 86.1 Å². The first kappa shape index (κ1) is 29.2. The van der Waals surface area contributed by atoms with E-state index in [4.69, 9.17) is 23.2 Å². The Labute approximate surface area is 247 Å². The molecule has 1 aromatic heterocycles. The molecule has 226 valence electrons. The van der Waals surface area contributed by atoms with Gasteiger partial charge in [-0.3, -0.25) is 9.59 Å². The molecule has 3 heterocycles. The van der Waals surface area contributed by atoms with Gasteiger partial charge in [-0.05, 0) is 36.1 Å². The molecule has 2 amide bonds. The number of alkyl halides is 2. The van der Waals surface area contributed by atoms with Crippen LogP contribution in [0.15, 0.2) is 33.4 Å². The number of rotatable bonds is 2. The summed E-state index contributed by atoms with van der Waals surface area (Å²) in [6, 6.07) is 1.63. The number of amides is 2. The maximum Gasteiger partial charge on any atom is 0.347 e. The van der Waals surface area contributed by atoms with Crippen molar-refractivity contribution in [3.63, 3.8) is 0 Å². The van der Waals surface area contributed by atoms with E-state index in [1.807, 2.05) is 0 Å². The number of phenols is 1. The van der Waals surface area contributed by atoms with E-state index in [0.29, 0.717) is 11.1 Å². The number of anilines is 1. The fourth-order valence-corrected chi connectivity index (χ4v) is 7.38. The summed E-state index contributed by atoms with van der Waals surface area (Å²) in [6.07, 6.45) is 0.809. The van der Waals surface area contributed by atoms with Crippen LogP contribution in [0.2, 0.25) is 0 Å². The molecular formula is C27H19Cl2F5N4O5. The first-order chi connectivity index (χ1) is 20.0. The smallest absolute Gasteiger partial charge is 0.347 e. The Hall–Kier alpha value is -3.91. The van der Waals surface area contributed by atoms with Crippen LogP contribution in [0.3, 0.4) is 0 Å². The lowest BCUT2D eigenvalue weighted by Crippen LogP contribution is -2.59. The Morgan fingerprint density at radius 3 is 1.95 bits per heavy atom. The van der Waals surface area contributed by atoms with Gasteiger partial charge in [0.2, 0.25) is 5.82 Å². The number of allylic oxidation sites excluding steroid dienone is 2. The molecule has 0 radical (unpaired) electrons. The Bertz CT molecular complexity index is 1930. The van der Waals surface area contributed by atoms with Crippen LogP contribution in [0.4, 0.5) is 27.6 Å². The van der Waals surface area contributed by atoms with Crippen molar-refractivity contribution >= 4 is 40.7 Å². The Morgan fingerprint density at radius 2 is 1.40 bits per heavy atom. The number of hydrogen-bond acceptors (Lipinski definition) is 5. The monoisotopic (exact) mass is 644 g/mol. The van der Waals surface area contributed by atoms with E-state index in [0.717, 1.165) is 13.9 Å². The van der Waals surface area contributed by atoms with Gasteiger partial charge in [0.1, 0.15) is 11.4 Å². The van der Waals surface area contributed by atoms with E-state index in [2.05, 4.69) is 0 Å². The van der Waals surface area contributed by atoms with E-state index >= 15 is 8.78 Å². The molecule has 1 saturated heterocycles. The minimum absolute atomic E-state index is 0.112. The second-order valence-corrected chi connectivity index (χ2v) is 12.0. The molecule has 2 aliphatic heterocycles. The molecule has 2 fully saturated rings. The molecule has 0 unspecified atom stereocenters. The zero-order valence-electron chi connectivity index (χ0n) is 22.3. The van der Waals surface area contributed by atoms with Gasteiger partial charge >= 0.3 is 11.4 Å². The van der Waals surface area contributed by atoms with Crippen molar-refractivity contribution < 1.29 is 36.6 Å². The number of aromatic nitrogens is 3. The second-order valence-electron chi connectivity index (χ2n) is 10.8. The molecule has 0 spiro atoms. The van der Waals surface area contributed by atoms with Crippen LogP contribution in [-0.2, 0) is 23.2 Å². The highest BCUT2D eigenvalue weighted by molar-refractivity contribution is 6.58. The number of aryl methyl sites for hydroxylation is 2. The quantitative estimate of drug-likeness (QED) is 0.115. The molecule has 1 aliphatic carbocycles. The number of nitrogens with zero attached hydrogens (tertiary/aromatic N) is 4. The summed E-state index contributed by atoms with van der Waals surface area (Å²) in [6.45, 7) is 2.87. The van der Waals surface area contributed by atoms with Crippen molar-refractivity contribution in [2.75, 3.05) is 4.90 Å². The highest BCUT2D eigenvalue weighted by Crippen LogP contribution is 2.64. The van der Waals surface area contributed by atoms with Gasteiger partial charge in [0, 0.05) is 19.4 Å². The van der Waals surface area contributed by atoms with Crippen LogP contribution in [0.1, 0.15) is 35.1 Å². The zero-order valence-corrected chi connectivity index (χ0v) is 23.8. The summed E-state index contributed by atoms with van der Waals surface area (Å²) in [5.41, 5.74) is -2.37. The summed E-state index contributed by atoms with van der Waals surface area (Å²) < 4.78 is 75.3. The lowest BCUT2D eigenvalue weighted by Gasteiger charge is -2.49. The summed E-state index contributed by atoms with van der Waals surface area (Å²) in [5, 5.41) is 10.4. The molecule has 1 saturated carbocycles. The van der Waals surface area contributed by atoms with Crippen LogP contribution >= 0.6 is 23.2 Å². The van der Waals surface area contributed by atoms with Crippen LogP contribution in [-0.4, -0.2) is 40.6 Å². The largest absolute Gasteiger partial charge is 0.507 e. The third-order valence-electron chi connectivity index (χ3n) is 8.53. The average molecular weight is 645 g/mol. The van der Waals surface area contributed by atoms with E-state index in [9.17, 15) is 37.5 Å². The molecule has 3 aliphatic rings. The molecule has 0 bridgehead atoms. The van der Waals surface area contributed by atoms with Gasteiger partial charge in [-0.25, -0.2) is 50.4 Å². The maximum atomic E-state index is 15.0. The molecule has 6 rings (SSSR count). The zero-order chi connectivity index (χ0) is 31.7. The average Bonchev–Trinajstić information content (AvgIpc) is 3.27. The maximum absolute atomic E-state index is 15.0. The van der Waals surface area contributed by atoms with Crippen LogP contribution in [0.25, 0.3) is 0 Å². The standard InChI is InChI=1S/C27H19Cl2F5N4O5/c1-9-6-11(7-10(2)21(9)39)14-12-4-5-36-24(42)35(3)25(43)38(36)13(12)8-26(28)22(40)37(23(41)27(14,26)29)20-18(33)16(31)15(30)17(32)19(20)34/h4,6-7,13-14,39H,5,8H2,1-3H3/t13-,14+,26-,27+/m1/s1. The number of carbonyl (C=O) groups is 2. The number of phenolic OH excluding ortho intramolecular Hbond substituents is 1. The Balaban J connectivity index is 1.68. The summed E-state index contributed by atoms with van der Waals surface area (Å²) in [7, 11) is 1.22. The van der Waals surface area contributed by atoms with Gasteiger partial charge in [-0.15, -0.1) is 23.2 Å². The van der Waals surface area contributed by atoms with Gasteiger partial charge in [-0.1, -0.05) is 18.2 Å². The van der Waals surface area contributed by atoms with Crippen molar-refractivity contribution in [1.29, 1.82) is 0 Å². The van der Waals surface area contributed by atoms with E-state index in [1.165, 1.54) is 39.1 Å². The van der Waals surface area contributed by atoms with Crippen molar-refractivity contribution in [2.45, 2.75) is 48.5 Å². The lowest BCUT2D eigenvalue weighted by molar-refractivity contribution is -0.122. The van der Waals surface area contributed by atoms with Crippen molar-refractivity contribution in [3.8, 4) is 5.75 Å². The minimum atomic E-state index is -2.65. The predicted molar refractivity (Wildman–Crippen MR) is 142 cm³/mol. The van der Waals surface area contributed by atoms with Crippen LogP contribution < -0.4 is 16.3 Å². The van der Waals surface area contributed by atoms with Crippen LogP contribution in [0, 0.1) is 42.9 Å². The molecule has 43 heavy (non-hydrogen) atoms. The first-order valence-corrected chi connectivity index (χ1v) is 13.4. The van der Waals surface area contributed by atoms with Crippen molar-refractivity contribution in [3.05, 3.63) is 90.5 Å². The molecular weight excluding hydrogens is 626 g/mol. The number of fused-ring (bicyclic) bond motifs is 4. The molecule has 9 nitrogen and oxygen atoms in total. The van der Waals surface area contributed by atoms with Crippen molar-refractivity contribution in [1.82, 2.24) is 13.9 Å². The molecule has 4 atom stereocenters. The Kier molecular flexibility index (Phi) is 6.14. The number of carbonyl (C=O) groups excluding carboxylic acids is 2. The number of aromatic hydroxyl groups is 1. The van der Waals surface area contributed by atoms with Gasteiger partial charge in [-0.2, -0.15) is 0 Å². The van der Waals surface area contributed by atoms with Gasteiger partial charge in [0.15, 0.2) is 33.0 Å². The van der Waals surface area contributed by atoms with Gasteiger partial charge in [0.05, 0.1) is 12.6 Å². The van der Waals surface area contributed by atoms with Crippen molar-refractivity contribution in [2.24, 2.45) is 7.05 Å². The minimum Gasteiger partial charge on any atom is -0.507 e. The fraction of sp³-hybridized carbons (Fsp3) is 0.333. The van der Waals surface area contributed by atoms with E-state index in [-0.39, 0.29) is 28.3 Å². The lowest BCUT2D eigenvalue weighted by atomic mass is 9.64. The topological polar surface area (TPSA) is 107 Å². The summed E-state index contributed by atoms with van der Waals surface area (Å²) in [4.78, 5) is 48.5. The fourth-order valence-electron chi connectivity index (χ4n) is 6.47. The normalized spacial score (nSPS) is 26.4. The first-order valence-electron chi connectivity index (χ1n) is 12.7. The highest BCUT2D eigenvalue weighted by atomic mass is 35.5. The second kappa shape index (κ2) is 9.05. The Morgan fingerprint density at radius 1 is 0.860 bits per heavy atom. The highest BCUT2D eigenvalue weighted by Gasteiger charge is 2.76. The number of imide groups is 1.